The highest BCUT2D eigenvalue weighted by Gasteiger charge is 2.15. The Morgan fingerprint density at radius 1 is 0.833 bits per heavy atom. The first-order chi connectivity index (χ1) is 14.5. The van der Waals surface area contributed by atoms with E-state index in [2.05, 4.69) is 0 Å². The first-order valence-electron chi connectivity index (χ1n) is 9.13. The van der Waals surface area contributed by atoms with Crippen LogP contribution in [0, 0.1) is 0 Å². The molecule has 0 heterocycles. The van der Waals surface area contributed by atoms with Gasteiger partial charge in [0.2, 0.25) is 0 Å². The minimum Gasteiger partial charge on any atom is -0.497 e. The van der Waals surface area contributed by atoms with Crippen LogP contribution < -0.4 is 24.7 Å². The molecule has 0 atom stereocenters. The second-order valence-electron chi connectivity index (χ2n) is 6.23. The van der Waals surface area contributed by atoms with Crippen LogP contribution in [0.15, 0.2) is 72.8 Å². The maximum Gasteiger partial charge on any atom is 0.349 e. The van der Waals surface area contributed by atoms with Crippen molar-refractivity contribution in [2.75, 3.05) is 13.7 Å². The van der Waals surface area contributed by atoms with Crippen molar-refractivity contribution in [1.82, 2.24) is 0 Å². The summed E-state index contributed by atoms with van der Waals surface area (Å²) in [6, 6.07) is 21.1. The van der Waals surface area contributed by atoms with E-state index < -0.39 is 11.9 Å². The number of primary amides is 1. The molecular formula is C23H21NO6. The fourth-order valence-corrected chi connectivity index (χ4v) is 2.58. The average Bonchev–Trinajstić information content (AvgIpc) is 2.77. The second kappa shape index (κ2) is 9.97. The summed E-state index contributed by atoms with van der Waals surface area (Å²) in [7, 11) is 1.46. The van der Waals surface area contributed by atoms with E-state index in [-0.39, 0.29) is 17.9 Å². The van der Waals surface area contributed by atoms with Crippen molar-refractivity contribution in [2.45, 2.75) is 6.61 Å². The number of hydrogen-bond donors (Lipinski definition) is 1. The molecule has 0 spiro atoms. The summed E-state index contributed by atoms with van der Waals surface area (Å²) >= 11 is 0. The molecule has 0 fully saturated rings. The van der Waals surface area contributed by atoms with Gasteiger partial charge in [0, 0.05) is 6.07 Å². The molecule has 3 aromatic rings. The Bertz CT molecular complexity index is 1000. The second-order valence-corrected chi connectivity index (χ2v) is 6.23. The number of esters is 1. The fraction of sp³-hybridized carbons (Fsp3) is 0.130. The van der Waals surface area contributed by atoms with Gasteiger partial charge in [-0.15, -0.1) is 0 Å². The van der Waals surface area contributed by atoms with Crippen LogP contribution in [-0.2, 0) is 11.4 Å². The van der Waals surface area contributed by atoms with Gasteiger partial charge in [-0.05, 0) is 42.0 Å². The van der Waals surface area contributed by atoms with E-state index >= 15 is 0 Å². The van der Waals surface area contributed by atoms with Gasteiger partial charge in [-0.2, -0.15) is 0 Å². The van der Waals surface area contributed by atoms with E-state index in [1.54, 1.807) is 30.3 Å². The highest BCUT2D eigenvalue weighted by molar-refractivity contribution is 5.96. The molecule has 7 heteroatoms. The zero-order valence-electron chi connectivity index (χ0n) is 16.4. The van der Waals surface area contributed by atoms with Gasteiger partial charge >= 0.3 is 5.97 Å². The molecule has 154 valence electrons. The summed E-state index contributed by atoms with van der Waals surface area (Å²) in [4.78, 5) is 23.6. The number of carbonyl (C=O) groups excluding carboxylic acids is 2. The zero-order valence-corrected chi connectivity index (χ0v) is 16.4. The van der Waals surface area contributed by atoms with E-state index in [4.69, 9.17) is 24.7 Å². The van der Waals surface area contributed by atoms with Crippen molar-refractivity contribution in [3.8, 4) is 23.0 Å². The molecule has 1 amide bonds. The van der Waals surface area contributed by atoms with E-state index in [9.17, 15) is 9.59 Å². The molecular weight excluding hydrogens is 386 g/mol. The van der Waals surface area contributed by atoms with Crippen LogP contribution in [0.3, 0.4) is 0 Å². The number of methoxy groups -OCH3 is 1. The molecule has 0 radical (unpaired) electrons. The van der Waals surface area contributed by atoms with Crippen molar-refractivity contribution >= 4 is 11.9 Å². The predicted molar refractivity (Wildman–Crippen MR) is 110 cm³/mol. The maximum atomic E-state index is 12.1. The molecule has 0 aliphatic heterocycles. The Labute approximate surface area is 173 Å². The quantitative estimate of drug-likeness (QED) is 0.432. The number of nitrogens with two attached hydrogens (primary N) is 1. The molecule has 0 aliphatic carbocycles. The molecule has 0 aliphatic rings. The first kappa shape index (κ1) is 20.7. The lowest BCUT2D eigenvalue weighted by atomic mass is 10.2. The number of ether oxygens (including phenoxy) is 4. The topological polar surface area (TPSA) is 97.1 Å². The number of amides is 1. The Hall–Kier alpha value is -4.00. The third-order valence-corrected chi connectivity index (χ3v) is 4.11. The molecule has 0 bridgehead atoms. The molecule has 3 rings (SSSR count). The molecule has 0 unspecified atom stereocenters. The van der Waals surface area contributed by atoms with Crippen molar-refractivity contribution < 1.29 is 28.5 Å². The standard InChI is InChI=1S/C23H21NO6/c1-27-19-11-12-20(23(24)26)21(13-19)30-22(25)15-29-18-9-7-17(8-10-18)28-14-16-5-3-2-4-6-16/h2-13H,14-15H2,1H3,(H2,24,26). The minimum atomic E-state index is -0.715. The van der Waals surface area contributed by atoms with Crippen molar-refractivity contribution in [1.29, 1.82) is 0 Å². The molecule has 30 heavy (non-hydrogen) atoms. The monoisotopic (exact) mass is 407 g/mol. The lowest BCUT2D eigenvalue weighted by molar-refractivity contribution is -0.136. The van der Waals surface area contributed by atoms with Gasteiger partial charge in [0.05, 0.1) is 12.7 Å². The summed E-state index contributed by atoms with van der Waals surface area (Å²) in [5.41, 5.74) is 6.45. The average molecular weight is 407 g/mol. The largest absolute Gasteiger partial charge is 0.497 e. The molecule has 7 nitrogen and oxygen atoms in total. The van der Waals surface area contributed by atoms with Gasteiger partial charge in [0.25, 0.3) is 5.91 Å². The molecule has 0 saturated carbocycles. The van der Waals surface area contributed by atoms with E-state index in [1.165, 1.54) is 19.2 Å². The van der Waals surface area contributed by atoms with Crippen LogP contribution in [-0.4, -0.2) is 25.6 Å². The summed E-state index contributed by atoms with van der Waals surface area (Å²) in [5.74, 6) is 0.188. The van der Waals surface area contributed by atoms with Crippen LogP contribution >= 0.6 is 0 Å². The predicted octanol–water partition coefficient (Wildman–Crippen LogP) is 3.36. The Morgan fingerprint density at radius 2 is 1.47 bits per heavy atom. The van der Waals surface area contributed by atoms with Crippen LogP contribution in [0.5, 0.6) is 23.0 Å². The SMILES string of the molecule is COc1ccc(C(N)=O)c(OC(=O)COc2ccc(OCc3ccccc3)cc2)c1. The Kier molecular flexibility index (Phi) is 6.89. The maximum absolute atomic E-state index is 12.1. The van der Waals surface area contributed by atoms with E-state index in [1.807, 2.05) is 30.3 Å². The van der Waals surface area contributed by atoms with E-state index in [0.29, 0.717) is 23.9 Å². The highest BCUT2D eigenvalue weighted by atomic mass is 16.6. The fourth-order valence-electron chi connectivity index (χ4n) is 2.58. The Morgan fingerprint density at radius 3 is 2.10 bits per heavy atom. The molecule has 0 saturated heterocycles. The first-order valence-corrected chi connectivity index (χ1v) is 9.13. The Balaban J connectivity index is 1.53. The van der Waals surface area contributed by atoms with Crippen LogP contribution in [0.25, 0.3) is 0 Å². The molecule has 2 N–H and O–H groups in total. The number of hydrogen-bond acceptors (Lipinski definition) is 6. The summed E-state index contributed by atoms with van der Waals surface area (Å²) < 4.78 is 21.4. The third-order valence-electron chi connectivity index (χ3n) is 4.11. The van der Waals surface area contributed by atoms with Gasteiger partial charge in [0.1, 0.15) is 29.6 Å². The zero-order chi connectivity index (χ0) is 21.3. The van der Waals surface area contributed by atoms with Crippen LogP contribution in [0.2, 0.25) is 0 Å². The van der Waals surface area contributed by atoms with Gasteiger partial charge in [0.15, 0.2) is 6.61 Å². The van der Waals surface area contributed by atoms with Crippen LogP contribution in [0.1, 0.15) is 15.9 Å². The van der Waals surface area contributed by atoms with Crippen molar-refractivity contribution in [2.24, 2.45) is 5.73 Å². The number of benzene rings is 3. The van der Waals surface area contributed by atoms with Crippen LogP contribution in [0.4, 0.5) is 0 Å². The van der Waals surface area contributed by atoms with E-state index in [0.717, 1.165) is 5.56 Å². The molecule has 3 aromatic carbocycles. The van der Waals surface area contributed by atoms with Gasteiger partial charge in [-0.1, -0.05) is 30.3 Å². The minimum absolute atomic E-state index is 0.0140. The highest BCUT2D eigenvalue weighted by Crippen LogP contribution is 2.25. The molecule has 0 aromatic heterocycles. The van der Waals surface area contributed by atoms with Crippen molar-refractivity contribution in [3.63, 3.8) is 0 Å². The third kappa shape index (κ3) is 5.75. The number of rotatable bonds is 9. The summed E-state index contributed by atoms with van der Waals surface area (Å²) in [6.07, 6.45) is 0. The van der Waals surface area contributed by atoms with Gasteiger partial charge < -0.3 is 24.7 Å². The number of carbonyl (C=O) groups is 2. The lowest BCUT2D eigenvalue weighted by Crippen LogP contribution is -2.20. The normalized spacial score (nSPS) is 10.2. The summed E-state index contributed by atoms with van der Waals surface area (Å²) in [6.45, 7) is 0.107. The van der Waals surface area contributed by atoms with Gasteiger partial charge in [-0.25, -0.2) is 4.79 Å². The van der Waals surface area contributed by atoms with Gasteiger partial charge in [-0.3, -0.25) is 4.79 Å². The smallest absolute Gasteiger partial charge is 0.349 e. The lowest BCUT2D eigenvalue weighted by Gasteiger charge is -2.11. The summed E-state index contributed by atoms with van der Waals surface area (Å²) in [5, 5.41) is 0. The van der Waals surface area contributed by atoms with Crippen molar-refractivity contribution in [3.05, 3.63) is 83.9 Å².